The molecule has 0 saturated heterocycles. The molecule has 2 amide bonds. The highest BCUT2D eigenvalue weighted by atomic mass is 32.1. The molecule has 0 spiro atoms. The van der Waals surface area contributed by atoms with Crippen LogP contribution >= 0.6 is 11.3 Å². The first kappa shape index (κ1) is 15.2. The van der Waals surface area contributed by atoms with Crippen LogP contribution in [-0.4, -0.2) is 29.4 Å². The molecule has 0 aliphatic carbocycles. The van der Waals surface area contributed by atoms with Crippen molar-refractivity contribution in [1.29, 1.82) is 0 Å². The summed E-state index contributed by atoms with van der Waals surface area (Å²) in [6, 6.07) is -0.725. The van der Waals surface area contributed by atoms with Crippen LogP contribution in [0.1, 0.15) is 30.4 Å². The maximum absolute atomic E-state index is 12.0. The molecule has 0 aromatic carbocycles. The average Bonchev–Trinajstić information content (AvgIpc) is 2.66. The minimum atomic E-state index is -0.725. The summed E-state index contributed by atoms with van der Waals surface area (Å²) in [5.74, 6) is -0.954. The van der Waals surface area contributed by atoms with E-state index in [0.717, 1.165) is 11.3 Å². The summed E-state index contributed by atoms with van der Waals surface area (Å²) in [4.78, 5) is 27.6. The zero-order chi connectivity index (χ0) is 14.6. The minimum absolute atomic E-state index is 0.0937. The van der Waals surface area contributed by atoms with Crippen molar-refractivity contribution < 1.29 is 9.59 Å². The second kappa shape index (κ2) is 6.37. The Hall–Kier alpha value is -1.83. The summed E-state index contributed by atoms with van der Waals surface area (Å²) in [6.45, 7) is 6.20. The van der Waals surface area contributed by atoms with Crippen LogP contribution in [0.15, 0.2) is 0 Å². The number of hydrogen-bond acceptors (Lipinski definition) is 6. The minimum Gasteiger partial charge on any atom is -0.382 e. The number of nitrogens with two attached hydrogens (primary N) is 2. The summed E-state index contributed by atoms with van der Waals surface area (Å²) < 4.78 is 0. The standard InChI is InChI=1S/C11H19N5O2S/c1-4-14-11-16-8(12)7(19-11)10(18)15-6(5(2)3)9(13)17/h5-6H,4,12H2,1-3H3,(H2,13,17)(H,14,16)(H,15,18). The van der Waals surface area contributed by atoms with Crippen LogP contribution < -0.4 is 22.1 Å². The summed E-state index contributed by atoms with van der Waals surface area (Å²) in [7, 11) is 0. The van der Waals surface area contributed by atoms with Crippen molar-refractivity contribution in [1.82, 2.24) is 10.3 Å². The number of primary amides is 1. The van der Waals surface area contributed by atoms with E-state index in [1.807, 2.05) is 6.92 Å². The summed E-state index contributed by atoms with van der Waals surface area (Å²) in [6.07, 6.45) is 0. The first-order chi connectivity index (χ1) is 8.86. The fourth-order valence-corrected chi connectivity index (χ4v) is 2.35. The second-order valence-electron chi connectivity index (χ2n) is 4.36. The van der Waals surface area contributed by atoms with E-state index in [0.29, 0.717) is 11.7 Å². The largest absolute Gasteiger partial charge is 0.382 e. The first-order valence-corrected chi connectivity index (χ1v) is 6.78. The lowest BCUT2D eigenvalue weighted by Crippen LogP contribution is -2.47. The zero-order valence-corrected chi connectivity index (χ0v) is 12.0. The van der Waals surface area contributed by atoms with Gasteiger partial charge >= 0.3 is 0 Å². The van der Waals surface area contributed by atoms with Gasteiger partial charge in [-0.15, -0.1) is 0 Å². The van der Waals surface area contributed by atoms with Gasteiger partial charge in [-0.1, -0.05) is 25.2 Å². The fraction of sp³-hybridized carbons (Fsp3) is 0.545. The molecule has 7 nitrogen and oxygen atoms in total. The molecule has 1 aromatic heterocycles. The maximum Gasteiger partial charge on any atom is 0.265 e. The molecule has 0 saturated carbocycles. The van der Waals surface area contributed by atoms with E-state index in [2.05, 4.69) is 15.6 Å². The molecule has 106 valence electrons. The number of anilines is 2. The molecular weight excluding hydrogens is 266 g/mol. The molecular formula is C11H19N5O2S. The van der Waals surface area contributed by atoms with E-state index < -0.39 is 17.9 Å². The molecule has 1 aromatic rings. The van der Waals surface area contributed by atoms with Crippen LogP contribution in [-0.2, 0) is 4.79 Å². The normalized spacial score (nSPS) is 12.2. The second-order valence-corrected chi connectivity index (χ2v) is 5.36. The van der Waals surface area contributed by atoms with Gasteiger partial charge in [-0.3, -0.25) is 9.59 Å². The van der Waals surface area contributed by atoms with Crippen molar-refractivity contribution in [3.63, 3.8) is 0 Å². The van der Waals surface area contributed by atoms with Gasteiger partial charge in [0.1, 0.15) is 16.7 Å². The van der Waals surface area contributed by atoms with E-state index in [-0.39, 0.29) is 16.6 Å². The summed E-state index contributed by atoms with van der Waals surface area (Å²) >= 11 is 1.15. The van der Waals surface area contributed by atoms with Crippen LogP contribution in [0.25, 0.3) is 0 Å². The van der Waals surface area contributed by atoms with Crippen LogP contribution in [0.3, 0.4) is 0 Å². The third kappa shape index (κ3) is 3.82. The Kier molecular flexibility index (Phi) is 5.11. The monoisotopic (exact) mass is 285 g/mol. The Bertz CT molecular complexity index is 472. The highest BCUT2D eigenvalue weighted by molar-refractivity contribution is 7.18. The van der Waals surface area contributed by atoms with E-state index in [4.69, 9.17) is 11.5 Å². The molecule has 8 heteroatoms. The molecule has 0 aliphatic rings. The Morgan fingerprint density at radius 1 is 1.42 bits per heavy atom. The number of nitrogen functional groups attached to an aromatic ring is 1. The Morgan fingerprint density at radius 2 is 2.05 bits per heavy atom. The summed E-state index contributed by atoms with van der Waals surface area (Å²) in [5, 5.41) is 6.13. The average molecular weight is 285 g/mol. The van der Waals surface area contributed by atoms with Crippen molar-refractivity contribution in [2.75, 3.05) is 17.6 Å². The van der Waals surface area contributed by atoms with E-state index in [1.54, 1.807) is 13.8 Å². The van der Waals surface area contributed by atoms with Gasteiger partial charge in [0.15, 0.2) is 5.13 Å². The first-order valence-electron chi connectivity index (χ1n) is 5.97. The van der Waals surface area contributed by atoms with Gasteiger partial charge in [0, 0.05) is 6.54 Å². The van der Waals surface area contributed by atoms with Gasteiger partial charge < -0.3 is 22.1 Å². The molecule has 1 rings (SSSR count). The lowest BCUT2D eigenvalue weighted by Gasteiger charge is -2.18. The van der Waals surface area contributed by atoms with Crippen LogP contribution in [0.2, 0.25) is 0 Å². The third-order valence-electron chi connectivity index (χ3n) is 2.45. The molecule has 0 bridgehead atoms. The molecule has 6 N–H and O–H groups in total. The smallest absolute Gasteiger partial charge is 0.265 e. The molecule has 0 radical (unpaired) electrons. The number of carbonyl (C=O) groups is 2. The van der Waals surface area contributed by atoms with Crippen molar-refractivity contribution >= 4 is 34.1 Å². The Morgan fingerprint density at radius 3 is 2.53 bits per heavy atom. The Balaban J connectivity index is 2.85. The van der Waals surface area contributed by atoms with Gasteiger partial charge in [-0.2, -0.15) is 0 Å². The SMILES string of the molecule is CCNc1nc(N)c(C(=O)NC(C(N)=O)C(C)C)s1. The maximum atomic E-state index is 12.0. The van der Waals surface area contributed by atoms with Crippen LogP contribution in [0.4, 0.5) is 10.9 Å². The lowest BCUT2D eigenvalue weighted by molar-refractivity contribution is -0.120. The van der Waals surface area contributed by atoms with E-state index in [9.17, 15) is 9.59 Å². The van der Waals surface area contributed by atoms with Gasteiger partial charge in [0.05, 0.1) is 0 Å². The van der Waals surface area contributed by atoms with E-state index >= 15 is 0 Å². The van der Waals surface area contributed by atoms with Crippen molar-refractivity contribution in [2.45, 2.75) is 26.8 Å². The highest BCUT2D eigenvalue weighted by Gasteiger charge is 2.24. The van der Waals surface area contributed by atoms with Gasteiger partial charge in [-0.25, -0.2) is 4.98 Å². The number of rotatable bonds is 6. The number of amides is 2. The van der Waals surface area contributed by atoms with Gasteiger partial charge in [-0.05, 0) is 12.8 Å². The predicted octanol–water partition coefficient (Wildman–Crippen LogP) is 0.397. The van der Waals surface area contributed by atoms with Crippen molar-refractivity contribution in [3.8, 4) is 0 Å². The molecule has 0 fully saturated rings. The third-order valence-corrected chi connectivity index (χ3v) is 3.48. The fourth-order valence-electron chi connectivity index (χ4n) is 1.49. The molecule has 19 heavy (non-hydrogen) atoms. The number of nitrogens with zero attached hydrogens (tertiary/aromatic N) is 1. The molecule has 0 aliphatic heterocycles. The van der Waals surface area contributed by atoms with Gasteiger partial charge in [0.2, 0.25) is 5.91 Å². The van der Waals surface area contributed by atoms with Gasteiger partial charge in [0.25, 0.3) is 5.91 Å². The summed E-state index contributed by atoms with van der Waals surface area (Å²) in [5.41, 5.74) is 10.9. The quantitative estimate of drug-likeness (QED) is 0.602. The molecule has 1 atom stereocenters. The lowest BCUT2D eigenvalue weighted by atomic mass is 10.0. The Labute approximate surface area is 115 Å². The molecule has 1 heterocycles. The number of carbonyl (C=O) groups excluding carboxylic acids is 2. The number of aromatic nitrogens is 1. The zero-order valence-electron chi connectivity index (χ0n) is 11.2. The highest BCUT2D eigenvalue weighted by Crippen LogP contribution is 2.24. The molecule has 1 unspecified atom stereocenters. The van der Waals surface area contributed by atoms with Crippen molar-refractivity contribution in [2.24, 2.45) is 11.7 Å². The van der Waals surface area contributed by atoms with Crippen LogP contribution in [0, 0.1) is 5.92 Å². The van der Waals surface area contributed by atoms with Crippen molar-refractivity contribution in [3.05, 3.63) is 4.88 Å². The van der Waals surface area contributed by atoms with Crippen LogP contribution in [0.5, 0.6) is 0 Å². The topological polar surface area (TPSA) is 123 Å². The van der Waals surface area contributed by atoms with E-state index in [1.165, 1.54) is 0 Å². The predicted molar refractivity (Wildman–Crippen MR) is 76.0 cm³/mol. The number of nitrogens with one attached hydrogen (secondary N) is 2. The number of thiazole rings is 1. The number of hydrogen-bond donors (Lipinski definition) is 4.